The topological polar surface area (TPSA) is 395 Å². The minimum absolute atomic E-state index is 0.0370. The largest absolute Gasteiger partial charge is 0.397 e. The summed E-state index contributed by atoms with van der Waals surface area (Å²) in [5.74, 6) is -2.61. The van der Waals surface area contributed by atoms with Crippen molar-refractivity contribution < 1.29 is 72.4 Å². The summed E-state index contributed by atoms with van der Waals surface area (Å²) >= 11 is 0. The van der Waals surface area contributed by atoms with Crippen LogP contribution in [0.2, 0.25) is 0 Å². The van der Waals surface area contributed by atoms with Gasteiger partial charge in [-0.15, -0.1) is 0 Å². The number of amides is 2. The van der Waals surface area contributed by atoms with E-state index in [1.807, 2.05) is 20.8 Å². The number of nitrogens with zero attached hydrogens (tertiary/aromatic N) is 4. The number of carbonyl (C=O) groups is 5. The Bertz CT molecular complexity index is 3540. The minimum atomic E-state index is -5.14. The van der Waals surface area contributed by atoms with E-state index in [1.54, 1.807) is 7.05 Å². The van der Waals surface area contributed by atoms with Crippen LogP contribution in [-0.2, 0) is 54.2 Å². The van der Waals surface area contributed by atoms with E-state index in [9.17, 15) is 62.9 Å². The van der Waals surface area contributed by atoms with E-state index in [1.165, 1.54) is 53.4 Å². The van der Waals surface area contributed by atoms with Crippen molar-refractivity contribution >= 4 is 106 Å². The summed E-state index contributed by atoms with van der Waals surface area (Å²) in [7, 11) is -13.3. The smallest absolute Gasteiger partial charge is 0.296 e. The molecule has 0 bridgehead atoms. The number of ether oxygens (including phenoxy) is 2. The van der Waals surface area contributed by atoms with Gasteiger partial charge in [-0.05, 0) is 101 Å². The minimum Gasteiger partial charge on any atom is -0.397 e. The Morgan fingerprint density at radius 3 is 2.05 bits per heavy atom. The first-order valence-electron chi connectivity index (χ1n) is 24.7. The Morgan fingerprint density at radius 2 is 1.39 bits per heavy atom. The van der Waals surface area contributed by atoms with Gasteiger partial charge in [0.2, 0.25) is 29.7 Å². The maximum Gasteiger partial charge on any atom is 0.296 e. The lowest BCUT2D eigenvalue weighted by molar-refractivity contribution is -0.126. The molecule has 6 rings (SSSR count). The molecule has 29 heteroatoms. The zero-order valence-electron chi connectivity index (χ0n) is 43.8. The summed E-state index contributed by atoms with van der Waals surface area (Å²) in [5, 5.41) is 14.2. The molecule has 0 radical (unpaired) electrons. The lowest BCUT2D eigenvalue weighted by Crippen LogP contribution is -2.29. The lowest BCUT2D eigenvalue weighted by Gasteiger charge is -2.26. The third kappa shape index (κ3) is 16.9. The molecule has 1 atom stereocenters. The van der Waals surface area contributed by atoms with Crippen LogP contribution in [0.5, 0.6) is 0 Å². The number of anilines is 8. The van der Waals surface area contributed by atoms with Crippen LogP contribution in [0.4, 0.5) is 46.3 Å². The predicted octanol–water partition coefficient (Wildman–Crippen LogP) is 5.48. The molecule has 428 valence electrons. The number of nitrogens with two attached hydrogens (primary N) is 1. The van der Waals surface area contributed by atoms with Crippen molar-refractivity contribution in [1.29, 1.82) is 0 Å². The van der Waals surface area contributed by atoms with E-state index in [0.29, 0.717) is 58.1 Å². The summed E-state index contributed by atoms with van der Waals surface area (Å²) in [4.78, 5) is 74.3. The highest BCUT2D eigenvalue weighted by Gasteiger charge is 2.37. The van der Waals surface area contributed by atoms with Crippen LogP contribution in [0.1, 0.15) is 91.1 Å². The second-order valence-corrected chi connectivity index (χ2v) is 23.0. The van der Waals surface area contributed by atoms with E-state index in [4.69, 9.17) is 15.2 Å². The van der Waals surface area contributed by atoms with Crippen molar-refractivity contribution in [2.45, 2.75) is 85.7 Å². The fourth-order valence-corrected chi connectivity index (χ4v) is 9.90. The number of likely N-dealkylation sites (N-methyl/N-ethyl adjacent to an activating group) is 1. The molecule has 1 unspecified atom stereocenters. The number of nitrogen functional groups attached to an aromatic ring is 1. The normalized spacial score (nSPS) is 13.0. The first-order chi connectivity index (χ1) is 37.6. The molecule has 1 heterocycles. The number of carbonyl (C=O) groups excluding carboxylic acids is 5. The lowest BCUT2D eigenvalue weighted by atomic mass is 9.82. The number of aromatic nitrogens is 3. The van der Waals surface area contributed by atoms with E-state index < -0.39 is 73.5 Å². The third-order valence-corrected chi connectivity index (χ3v) is 14.8. The Hall–Kier alpha value is -7.77. The summed E-state index contributed by atoms with van der Waals surface area (Å²) in [6, 6.07) is 14.9. The SMILES string of the molecule is CC(CCCNC(=O)CCCN(C)C(=O)/C=C\C=O)OCCC(C)(C)OCCCNc1nc(Nc2cccc(S(=O)(=O)O)c2)nc(Nc2ccc(Nc3cc(S(=O)(=O)O)c(N)c4c3C(=O)c3ccccc3C4=O)cc2S(=O)(=O)O)n1. The predicted molar refractivity (Wildman–Crippen MR) is 294 cm³/mol. The van der Waals surface area contributed by atoms with Gasteiger partial charge in [-0.1, -0.05) is 30.3 Å². The van der Waals surface area contributed by atoms with Crippen LogP contribution in [0.15, 0.2) is 99.6 Å². The number of aldehydes is 1. The zero-order chi connectivity index (χ0) is 58.6. The molecule has 0 saturated heterocycles. The zero-order valence-corrected chi connectivity index (χ0v) is 46.2. The maximum absolute atomic E-state index is 13.9. The number of ketones is 2. The van der Waals surface area contributed by atoms with Crippen molar-refractivity contribution in [3.05, 3.63) is 107 Å². The summed E-state index contributed by atoms with van der Waals surface area (Å²) < 4.78 is 117. The van der Waals surface area contributed by atoms with Crippen molar-refractivity contribution in [2.24, 2.45) is 0 Å². The molecule has 5 aromatic rings. The Kier molecular flexibility index (Phi) is 20.3. The van der Waals surface area contributed by atoms with Crippen LogP contribution in [-0.4, -0.2) is 140 Å². The molecule has 1 aliphatic carbocycles. The quantitative estimate of drug-likeness (QED) is 0.00922. The molecule has 4 aromatic carbocycles. The standard InChI is InChI=1S/C51H60N10O16S3/c1-31(12-8-22-53-41(63)17-9-24-61(4)42(64)18-10-25-62)76-27-21-51(2,3)77-26-11-23-54-48-58-49(56-32-13-7-14-34(28-32)78(67,68)69)60-50(59-48)57-37-20-19-33(29-39(37)79(70,71)72)55-38-30-40(80(73,74)75)45(52)44-43(38)46(65)35-15-5-6-16-36(35)47(44)66/h5-7,10,13-16,18-20,25,28-31,55H,8-9,11-12,17,21-24,26-27,52H2,1-4H3,(H,53,63)(H,67,68,69)(H,70,71,72)(H,73,74,75)(H3,54,56,57,58,59,60)/b18-10-. The van der Waals surface area contributed by atoms with Gasteiger partial charge in [0.1, 0.15) is 16.1 Å². The van der Waals surface area contributed by atoms with Gasteiger partial charge in [0.15, 0.2) is 11.6 Å². The second-order valence-electron chi connectivity index (χ2n) is 18.8. The van der Waals surface area contributed by atoms with Gasteiger partial charge in [0.05, 0.1) is 44.8 Å². The highest BCUT2D eigenvalue weighted by molar-refractivity contribution is 7.86. The fraction of sp³-hybridized carbons (Fsp3) is 0.333. The van der Waals surface area contributed by atoms with Crippen LogP contribution in [0.3, 0.4) is 0 Å². The van der Waals surface area contributed by atoms with Gasteiger partial charge in [0, 0.05) is 74.9 Å². The van der Waals surface area contributed by atoms with Crippen molar-refractivity contribution in [3.8, 4) is 0 Å². The number of nitrogens with one attached hydrogen (secondary N) is 5. The van der Waals surface area contributed by atoms with Crippen LogP contribution < -0.4 is 32.3 Å². The van der Waals surface area contributed by atoms with Gasteiger partial charge in [-0.3, -0.25) is 37.6 Å². The molecule has 1 aliphatic rings. The van der Waals surface area contributed by atoms with Gasteiger partial charge in [-0.2, -0.15) is 40.2 Å². The Balaban J connectivity index is 1.10. The summed E-state index contributed by atoms with van der Waals surface area (Å²) in [6.45, 7) is 7.49. The van der Waals surface area contributed by atoms with Crippen LogP contribution in [0, 0.1) is 0 Å². The number of hydrogen-bond acceptors (Lipinski definition) is 21. The molecule has 2 amide bonds. The molecular formula is C51H60N10O16S3. The maximum atomic E-state index is 13.9. The number of fused-ring (bicyclic) bond motifs is 2. The first-order valence-corrected chi connectivity index (χ1v) is 29.0. The summed E-state index contributed by atoms with van der Waals surface area (Å²) in [5.41, 5.74) is 3.05. The van der Waals surface area contributed by atoms with Gasteiger partial charge in [-0.25, -0.2) is 0 Å². The second kappa shape index (κ2) is 26.5. The molecule has 26 nitrogen and oxygen atoms in total. The molecule has 1 aromatic heterocycles. The average molecular weight is 1170 g/mol. The van der Waals surface area contributed by atoms with Gasteiger partial charge in [0.25, 0.3) is 30.4 Å². The number of benzene rings is 4. The molecule has 0 aliphatic heterocycles. The molecule has 80 heavy (non-hydrogen) atoms. The summed E-state index contributed by atoms with van der Waals surface area (Å²) in [6.07, 6.45) is 5.80. The molecule has 0 fully saturated rings. The van der Waals surface area contributed by atoms with Crippen molar-refractivity contribution in [3.63, 3.8) is 0 Å². The number of rotatable bonds is 29. The monoisotopic (exact) mass is 1160 g/mol. The van der Waals surface area contributed by atoms with Crippen LogP contribution in [0.25, 0.3) is 0 Å². The first kappa shape index (κ1) is 61.4. The molecular weight excluding hydrogens is 1100 g/mol. The van der Waals surface area contributed by atoms with E-state index in [-0.39, 0.29) is 94.8 Å². The van der Waals surface area contributed by atoms with Gasteiger partial charge >= 0.3 is 0 Å². The van der Waals surface area contributed by atoms with E-state index in [2.05, 4.69) is 41.5 Å². The van der Waals surface area contributed by atoms with Crippen LogP contribution >= 0.6 is 0 Å². The highest BCUT2D eigenvalue weighted by atomic mass is 32.2. The molecule has 10 N–H and O–H groups in total. The van der Waals surface area contributed by atoms with Crippen molar-refractivity contribution in [2.75, 3.05) is 66.9 Å². The molecule has 0 saturated carbocycles. The number of hydrogen-bond donors (Lipinski definition) is 9. The van der Waals surface area contributed by atoms with Crippen molar-refractivity contribution in [1.82, 2.24) is 25.2 Å². The average Bonchev–Trinajstić information content (AvgIpc) is 3.57. The highest BCUT2D eigenvalue weighted by Crippen LogP contribution is 2.41. The fourth-order valence-electron chi connectivity index (χ4n) is 8.05. The van der Waals surface area contributed by atoms with E-state index in [0.717, 1.165) is 36.4 Å². The third-order valence-electron chi connectivity index (χ3n) is 12.2. The number of allylic oxidation sites excluding steroid dienone is 1. The van der Waals surface area contributed by atoms with Gasteiger partial charge < -0.3 is 46.7 Å². The molecule has 0 spiro atoms. The Labute approximate surface area is 461 Å². The van der Waals surface area contributed by atoms with E-state index >= 15 is 0 Å². The Morgan fingerprint density at radius 1 is 0.738 bits per heavy atom.